The van der Waals surface area contributed by atoms with Crippen molar-refractivity contribution in [3.05, 3.63) is 89.1 Å². The van der Waals surface area contributed by atoms with E-state index in [9.17, 15) is 13.6 Å². The first kappa shape index (κ1) is 17.1. The van der Waals surface area contributed by atoms with Gasteiger partial charge in [-0.15, -0.1) is 0 Å². The summed E-state index contributed by atoms with van der Waals surface area (Å²) in [4.78, 5) is 19.0. The van der Waals surface area contributed by atoms with Crippen molar-refractivity contribution in [1.82, 2.24) is 4.98 Å². The molecule has 0 bridgehead atoms. The topological polar surface area (TPSA) is 45.2 Å². The summed E-state index contributed by atoms with van der Waals surface area (Å²) in [5.41, 5.74) is 2.87. The number of hydrogen-bond acceptors (Lipinski definition) is 3. The number of anilines is 2. The van der Waals surface area contributed by atoms with E-state index in [-0.39, 0.29) is 5.69 Å². The Bertz CT molecular complexity index is 1010. The zero-order valence-corrected chi connectivity index (χ0v) is 14.5. The number of hydrogen-bond donors (Lipinski definition) is 1. The van der Waals surface area contributed by atoms with Crippen molar-refractivity contribution in [2.24, 2.45) is 0 Å². The lowest BCUT2D eigenvalue weighted by Gasteiger charge is -2.29. The number of aromatic nitrogens is 1. The highest BCUT2D eigenvalue weighted by molar-refractivity contribution is 6.04. The molecule has 0 atom stereocenters. The molecular formula is C21H17F2N3O. The van der Waals surface area contributed by atoms with Gasteiger partial charge in [-0.2, -0.15) is 0 Å². The Labute approximate surface area is 155 Å². The van der Waals surface area contributed by atoms with E-state index < -0.39 is 17.5 Å². The van der Waals surface area contributed by atoms with Crippen molar-refractivity contribution < 1.29 is 13.6 Å². The third-order valence-corrected chi connectivity index (χ3v) is 4.64. The lowest BCUT2D eigenvalue weighted by atomic mass is 10.00. The summed E-state index contributed by atoms with van der Waals surface area (Å²) >= 11 is 0. The van der Waals surface area contributed by atoms with E-state index in [4.69, 9.17) is 0 Å². The zero-order chi connectivity index (χ0) is 18.8. The quantitative estimate of drug-likeness (QED) is 0.758. The van der Waals surface area contributed by atoms with Crippen LogP contribution in [0.1, 0.15) is 21.5 Å². The summed E-state index contributed by atoms with van der Waals surface area (Å²) in [6.07, 6.45) is 2.47. The van der Waals surface area contributed by atoms with E-state index in [0.29, 0.717) is 11.4 Å². The minimum absolute atomic E-state index is 0.0633. The summed E-state index contributed by atoms with van der Waals surface area (Å²) < 4.78 is 26.8. The summed E-state index contributed by atoms with van der Waals surface area (Å²) in [6.45, 7) is 1.53. The van der Waals surface area contributed by atoms with E-state index >= 15 is 0 Å². The standard InChI is InChI=1S/C21H17F2N3O/c22-17-5-6-19(18(23)12-17)25-21(27)15-7-9-24-20(11-15)26-10-8-14-3-1-2-4-16(14)13-26/h1-7,9,11-12H,8,10,13H2,(H,25,27). The number of halogens is 2. The fourth-order valence-corrected chi connectivity index (χ4v) is 3.21. The molecule has 3 aromatic rings. The molecule has 4 nitrogen and oxygen atoms in total. The molecule has 1 N–H and O–H groups in total. The van der Waals surface area contributed by atoms with Crippen molar-refractivity contribution in [3.63, 3.8) is 0 Å². The molecule has 0 fully saturated rings. The SMILES string of the molecule is O=C(Nc1ccc(F)cc1F)c1ccnc(N2CCc3ccccc3C2)c1. The number of carbonyl (C=O) groups is 1. The van der Waals surface area contributed by atoms with Crippen LogP contribution >= 0.6 is 0 Å². The highest BCUT2D eigenvalue weighted by atomic mass is 19.1. The molecule has 0 aliphatic carbocycles. The molecule has 2 aromatic carbocycles. The number of rotatable bonds is 3. The van der Waals surface area contributed by atoms with E-state index in [0.717, 1.165) is 31.6 Å². The third kappa shape index (κ3) is 3.65. The second-order valence-electron chi connectivity index (χ2n) is 6.42. The van der Waals surface area contributed by atoms with Gasteiger partial charge in [-0.1, -0.05) is 24.3 Å². The zero-order valence-electron chi connectivity index (χ0n) is 14.5. The van der Waals surface area contributed by atoms with Gasteiger partial charge in [0.15, 0.2) is 0 Å². The van der Waals surface area contributed by atoms with Gasteiger partial charge in [0, 0.05) is 30.9 Å². The third-order valence-electron chi connectivity index (χ3n) is 4.64. The van der Waals surface area contributed by atoms with E-state index in [2.05, 4.69) is 27.3 Å². The molecule has 6 heteroatoms. The van der Waals surface area contributed by atoms with Gasteiger partial charge in [0.25, 0.3) is 5.91 Å². The Morgan fingerprint density at radius 2 is 1.85 bits per heavy atom. The normalized spacial score (nSPS) is 13.2. The molecule has 136 valence electrons. The molecular weight excluding hydrogens is 348 g/mol. The number of pyridine rings is 1. The first-order valence-electron chi connectivity index (χ1n) is 8.64. The number of nitrogens with zero attached hydrogens (tertiary/aromatic N) is 2. The Morgan fingerprint density at radius 3 is 2.67 bits per heavy atom. The van der Waals surface area contributed by atoms with E-state index in [1.807, 2.05) is 12.1 Å². The number of fused-ring (bicyclic) bond motifs is 1. The van der Waals surface area contributed by atoms with Gasteiger partial charge in [-0.3, -0.25) is 4.79 Å². The molecule has 27 heavy (non-hydrogen) atoms. The maximum Gasteiger partial charge on any atom is 0.255 e. The summed E-state index contributed by atoms with van der Waals surface area (Å²) in [5.74, 6) is -1.29. The van der Waals surface area contributed by atoms with E-state index in [1.165, 1.54) is 17.2 Å². The molecule has 1 aliphatic rings. The smallest absolute Gasteiger partial charge is 0.255 e. The van der Waals surface area contributed by atoms with Crippen molar-refractivity contribution in [2.45, 2.75) is 13.0 Å². The molecule has 4 rings (SSSR count). The molecule has 0 unspecified atom stereocenters. The predicted molar refractivity (Wildman–Crippen MR) is 99.7 cm³/mol. The lowest BCUT2D eigenvalue weighted by molar-refractivity contribution is 0.102. The first-order valence-corrected chi connectivity index (χ1v) is 8.64. The minimum Gasteiger partial charge on any atom is -0.352 e. The number of carbonyl (C=O) groups excluding carboxylic acids is 1. The monoisotopic (exact) mass is 365 g/mol. The summed E-state index contributed by atoms with van der Waals surface area (Å²) in [5, 5.41) is 2.47. The van der Waals surface area contributed by atoms with Gasteiger partial charge in [-0.05, 0) is 41.8 Å². The fraction of sp³-hybridized carbons (Fsp3) is 0.143. The Balaban J connectivity index is 1.53. The van der Waals surface area contributed by atoms with Gasteiger partial charge in [0.1, 0.15) is 17.5 Å². The Hall–Kier alpha value is -3.28. The molecule has 0 spiro atoms. The molecule has 2 heterocycles. The average Bonchev–Trinajstić information content (AvgIpc) is 2.70. The van der Waals surface area contributed by atoms with Crippen LogP contribution in [0.5, 0.6) is 0 Å². The second kappa shape index (κ2) is 7.15. The Morgan fingerprint density at radius 1 is 1.04 bits per heavy atom. The summed E-state index contributed by atoms with van der Waals surface area (Å²) in [7, 11) is 0. The van der Waals surface area contributed by atoms with Gasteiger partial charge in [0.05, 0.1) is 5.69 Å². The minimum atomic E-state index is -0.815. The average molecular weight is 365 g/mol. The molecule has 0 saturated carbocycles. The van der Waals surface area contributed by atoms with Crippen LogP contribution in [-0.2, 0) is 13.0 Å². The van der Waals surface area contributed by atoms with Crippen LogP contribution in [0, 0.1) is 11.6 Å². The van der Waals surface area contributed by atoms with Crippen LogP contribution in [-0.4, -0.2) is 17.4 Å². The van der Waals surface area contributed by atoms with Crippen LogP contribution in [0.3, 0.4) is 0 Å². The van der Waals surface area contributed by atoms with Crippen molar-refractivity contribution >= 4 is 17.4 Å². The van der Waals surface area contributed by atoms with Crippen LogP contribution in [0.25, 0.3) is 0 Å². The number of nitrogens with one attached hydrogen (secondary N) is 1. The van der Waals surface area contributed by atoms with E-state index in [1.54, 1.807) is 18.3 Å². The molecule has 1 aliphatic heterocycles. The fourth-order valence-electron chi connectivity index (χ4n) is 3.21. The van der Waals surface area contributed by atoms with Crippen LogP contribution < -0.4 is 10.2 Å². The van der Waals surface area contributed by atoms with Crippen LogP contribution in [0.4, 0.5) is 20.3 Å². The maximum atomic E-state index is 13.8. The van der Waals surface area contributed by atoms with Crippen molar-refractivity contribution in [3.8, 4) is 0 Å². The highest BCUT2D eigenvalue weighted by Gasteiger charge is 2.18. The maximum absolute atomic E-state index is 13.8. The Kier molecular flexibility index (Phi) is 4.54. The molecule has 1 amide bonds. The van der Waals surface area contributed by atoms with Gasteiger partial charge in [-0.25, -0.2) is 13.8 Å². The summed E-state index contributed by atoms with van der Waals surface area (Å²) in [6, 6.07) is 14.6. The molecule has 1 aromatic heterocycles. The van der Waals surface area contributed by atoms with Crippen molar-refractivity contribution in [2.75, 3.05) is 16.8 Å². The first-order chi connectivity index (χ1) is 13.1. The predicted octanol–water partition coefficient (Wildman–Crippen LogP) is 4.17. The second-order valence-corrected chi connectivity index (χ2v) is 6.42. The van der Waals surface area contributed by atoms with Crippen LogP contribution in [0.15, 0.2) is 60.8 Å². The molecule has 0 saturated heterocycles. The van der Waals surface area contributed by atoms with Gasteiger partial charge >= 0.3 is 0 Å². The van der Waals surface area contributed by atoms with Gasteiger partial charge in [0.2, 0.25) is 0 Å². The largest absolute Gasteiger partial charge is 0.352 e. The number of amides is 1. The highest BCUT2D eigenvalue weighted by Crippen LogP contribution is 2.24. The number of benzene rings is 2. The lowest BCUT2D eigenvalue weighted by Crippen LogP contribution is -2.31. The van der Waals surface area contributed by atoms with Crippen LogP contribution in [0.2, 0.25) is 0 Å². The van der Waals surface area contributed by atoms with Gasteiger partial charge < -0.3 is 10.2 Å². The molecule has 0 radical (unpaired) electrons. The van der Waals surface area contributed by atoms with Crippen molar-refractivity contribution in [1.29, 1.82) is 0 Å².